The van der Waals surface area contributed by atoms with Crippen LogP contribution in [0.15, 0.2) is 12.1 Å². The van der Waals surface area contributed by atoms with Gasteiger partial charge in [0.05, 0.1) is 0 Å². The van der Waals surface area contributed by atoms with Crippen molar-refractivity contribution in [3.05, 3.63) is 33.0 Å². The maximum absolute atomic E-state index is 2.36. The minimum Gasteiger partial charge on any atom is -0.139 e. The molecule has 2 aromatic heterocycles. The largest absolute Gasteiger partial charge is 0.139 e. The molecule has 0 bridgehead atoms. The highest BCUT2D eigenvalue weighted by molar-refractivity contribution is 7.22. The molecule has 0 aromatic carbocycles. The Morgan fingerprint density at radius 3 is 1.71 bits per heavy atom. The van der Waals surface area contributed by atoms with Gasteiger partial charge in [-0.05, 0) is 49.9 Å². The van der Waals surface area contributed by atoms with Gasteiger partial charge in [0.2, 0.25) is 0 Å². The maximum atomic E-state index is 2.36. The zero-order valence-corrected chi connectivity index (χ0v) is 10.0. The summed E-state index contributed by atoms with van der Waals surface area (Å²) < 4.78 is 0. The van der Waals surface area contributed by atoms with Crippen LogP contribution in [-0.4, -0.2) is 0 Å². The highest BCUT2D eigenvalue weighted by Gasteiger charge is 2.20. The highest BCUT2D eigenvalue weighted by Crippen LogP contribution is 2.43. The quantitative estimate of drug-likeness (QED) is 0.624. The zero-order chi connectivity index (χ0) is 9.71. The molecular formula is C12H12S2. The molecule has 0 atom stereocenters. The molecule has 0 radical (unpaired) electrons. The van der Waals surface area contributed by atoms with Crippen LogP contribution in [-0.2, 0) is 12.8 Å². The Hall–Kier alpha value is -0.600. The summed E-state index contributed by atoms with van der Waals surface area (Å²) in [6.07, 6.45) is 2.48. The summed E-state index contributed by atoms with van der Waals surface area (Å²) in [5.41, 5.74) is 3.14. The number of aryl methyl sites for hydroxylation is 4. The van der Waals surface area contributed by atoms with Crippen molar-refractivity contribution in [3.8, 4) is 9.75 Å². The van der Waals surface area contributed by atoms with Gasteiger partial charge in [0, 0.05) is 19.5 Å². The van der Waals surface area contributed by atoms with Crippen molar-refractivity contribution in [2.45, 2.75) is 26.7 Å². The fourth-order valence-electron chi connectivity index (χ4n) is 2.16. The molecule has 2 heteroatoms. The number of thiophene rings is 2. The summed E-state index contributed by atoms with van der Waals surface area (Å²) in [7, 11) is 0. The van der Waals surface area contributed by atoms with Gasteiger partial charge >= 0.3 is 0 Å². The van der Waals surface area contributed by atoms with Crippen molar-refractivity contribution in [2.75, 3.05) is 0 Å². The molecular weight excluding hydrogens is 208 g/mol. The molecule has 0 spiro atoms. The van der Waals surface area contributed by atoms with E-state index >= 15 is 0 Å². The Morgan fingerprint density at radius 2 is 1.29 bits per heavy atom. The second-order valence-corrected chi connectivity index (χ2v) is 6.44. The Morgan fingerprint density at radius 1 is 0.857 bits per heavy atom. The Balaban J connectivity index is 2.27. The van der Waals surface area contributed by atoms with E-state index in [1.54, 1.807) is 20.9 Å². The van der Waals surface area contributed by atoms with Gasteiger partial charge in [0.1, 0.15) is 0 Å². The first-order chi connectivity index (χ1) is 6.74. The lowest BCUT2D eigenvalue weighted by Crippen LogP contribution is -1.96. The molecule has 72 valence electrons. The van der Waals surface area contributed by atoms with Crippen LogP contribution < -0.4 is 0 Å². The summed E-state index contributed by atoms with van der Waals surface area (Å²) in [5, 5.41) is 0. The number of hydrogen-bond donors (Lipinski definition) is 0. The molecule has 14 heavy (non-hydrogen) atoms. The highest BCUT2D eigenvalue weighted by atomic mass is 32.1. The van der Waals surface area contributed by atoms with Crippen LogP contribution in [0.1, 0.15) is 20.9 Å². The van der Waals surface area contributed by atoms with Crippen LogP contribution in [0.4, 0.5) is 0 Å². The number of fused-ring (bicyclic) bond motifs is 3. The van der Waals surface area contributed by atoms with Crippen molar-refractivity contribution in [1.29, 1.82) is 0 Å². The lowest BCUT2D eigenvalue weighted by molar-refractivity contribution is 0.956. The van der Waals surface area contributed by atoms with Gasteiger partial charge in [0.15, 0.2) is 0 Å². The van der Waals surface area contributed by atoms with E-state index in [1.165, 1.54) is 22.6 Å². The van der Waals surface area contributed by atoms with Crippen LogP contribution in [0.25, 0.3) is 9.75 Å². The minimum absolute atomic E-state index is 1.24. The molecule has 0 unspecified atom stereocenters. The third-order valence-corrected chi connectivity index (χ3v) is 5.08. The fourth-order valence-corrected chi connectivity index (χ4v) is 4.49. The molecule has 0 amide bonds. The summed E-state index contributed by atoms with van der Waals surface area (Å²) in [6, 6.07) is 4.72. The van der Waals surface area contributed by atoms with E-state index in [2.05, 4.69) is 26.0 Å². The summed E-state index contributed by atoms with van der Waals surface area (Å²) in [4.78, 5) is 5.99. The van der Waals surface area contributed by atoms with Gasteiger partial charge in [-0.25, -0.2) is 0 Å². The van der Waals surface area contributed by atoms with Crippen molar-refractivity contribution < 1.29 is 0 Å². The molecule has 1 aliphatic rings. The third kappa shape index (κ3) is 1.17. The smallest absolute Gasteiger partial charge is 0.0480 e. The van der Waals surface area contributed by atoms with Gasteiger partial charge in [0.25, 0.3) is 0 Å². The minimum atomic E-state index is 1.24. The molecule has 2 aromatic rings. The van der Waals surface area contributed by atoms with E-state index in [4.69, 9.17) is 0 Å². The lowest BCUT2D eigenvalue weighted by Gasteiger charge is -2.10. The van der Waals surface area contributed by atoms with Crippen molar-refractivity contribution in [3.63, 3.8) is 0 Å². The first-order valence-electron chi connectivity index (χ1n) is 4.93. The van der Waals surface area contributed by atoms with E-state index in [1.807, 2.05) is 22.7 Å². The monoisotopic (exact) mass is 220 g/mol. The van der Waals surface area contributed by atoms with E-state index in [0.717, 1.165) is 0 Å². The molecule has 0 saturated heterocycles. The maximum Gasteiger partial charge on any atom is 0.0480 e. The molecule has 0 N–H and O–H groups in total. The second-order valence-electron chi connectivity index (χ2n) is 3.92. The number of rotatable bonds is 0. The number of hydrogen-bond acceptors (Lipinski definition) is 2. The molecule has 3 rings (SSSR count). The van der Waals surface area contributed by atoms with E-state index in [0.29, 0.717) is 0 Å². The van der Waals surface area contributed by atoms with Crippen LogP contribution >= 0.6 is 22.7 Å². The lowest BCUT2D eigenvalue weighted by atomic mass is 9.98. The van der Waals surface area contributed by atoms with E-state index in [9.17, 15) is 0 Å². The SMILES string of the molecule is Cc1cc2c(s1)-c1sc(C)cc1CC2. The fraction of sp³-hybridized carbons (Fsp3) is 0.333. The van der Waals surface area contributed by atoms with Gasteiger partial charge in [-0.15, -0.1) is 22.7 Å². The molecule has 0 nitrogen and oxygen atoms in total. The van der Waals surface area contributed by atoms with Gasteiger partial charge in [-0.3, -0.25) is 0 Å². The van der Waals surface area contributed by atoms with Gasteiger partial charge in [-0.1, -0.05) is 0 Å². The van der Waals surface area contributed by atoms with Gasteiger partial charge < -0.3 is 0 Å². The van der Waals surface area contributed by atoms with E-state index in [-0.39, 0.29) is 0 Å². The molecule has 1 aliphatic carbocycles. The molecule has 0 aliphatic heterocycles. The first kappa shape index (κ1) is 8.69. The second kappa shape index (κ2) is 2.94. The van der Waals surface area contributed by atoms with Crippen molar-refractivity contribution >= 4 is 22.7 Å². The normalized spacial score (nSPS) is 13.9. The topological polar surface area (TPSA) is 0 Å². The van der Waals surface area contributed by atoms with Crippen LogP contribution in [0, 0.1) is 13.8 Å². The molecule has 0 saturated carbocycles. The van der Waals surface area contributed by atoms with Crippen LogP contribution in [0.5, 0.6) is 0 Å². The average molecular weight is 220 g/mol. The van der Waals surface area contributed by atoms with E-state index < -0.39 is 0 Å². The Labute approximate surface area is 92.2 Å². The van der Waals surface area contributed by atoms with Crippen molar-refractivity contribution in [2.24, 2.45) is 0 Å². The molecule has 0 fully saturated rings. The average Bonchev–Trinajstić information content (AvgIpc) is 2.65. The predicted molar refractivity (Wildman–Crippen MR) is 64.5 cm³/mol. The van der Waals surface area contributed by atoms with Crippen LogP contribution in [0.3, 0.4) is 0 Å². The van der Waals surface area contributed by atoms with Crippen molar-refractivity contribution in [1.82, 2.24) is 0 Å². The van der Waals surface area contributed by atoms with Crippen LogP contribution in [0.2, 0.25) is 0 Å². The summed E-state index contributed by atoms with van der Waals surface area (Å²) >= 11 is 3.91. The summed E-state index contributed by atoms with van der Waals surface area (Å²) in [6.45, 7) is 4.42. The van der Waals surface area contributed by atoms with Gasteiger partial charge in [-0.2, -0.15) is 0 Å². The summed E-state index contributed by atoms with van der Waals surface area (Å²) in [5.74, 6) is 0. The first-order valence-corrected chi connectivity index (χ1v) is 6.56. The Bertz CT molecular complexity index is 442. The molecule has 2 heterocycles. The third-order valence-electron chi connectivity index (χ3n) is 2.73. The standard InChI is InChI=1S/C12H12S2/c1-7-5-9-3-4-10-6-8(2)14-12(10)11(9)13-7/h5-6H,3-4H2,1-2H3. The predicted octanol–water partition coefficient (Wildman–Crippen LogP) is 4.19. The zero-order valence-electron chi connectivity index (χ0n) is 8.39. The Kier molecular flexibility index (Phi) is 1.83.